The third-order valence-corrected chi connectivity index (χ3v) is 5.62. The minimum atomic E-state index is -0.412. The molecule has 0 saturated carbocycles. The SMILES string of the molecule is CCCN(Cc1nc2scc(-c3ccc(C)c(C)c3)c2c(=O)[nH]1)CC(C)O. The van der Waals surface area contributed by atoms with Crippen molar-refractivity contribution >= 4 is 21.6 Å². The van der Waals surface area contributed by atoms with Crippen LogP contribution in [0, 0.1) is 13.8 Å². The van der Waals surface area contributed by atoms with Crippen molar-refractivity contribution in [2.24, 2.45) is 0 Å². The molecular weight excluding hydrogens is 358 g/mol. The van der Waals surface area contributed by atoms with E-state index in [1.807, 2.05) is 5.38 Å². The second-order valence-electron chi connectivity index (χ2n) is 7.23. The highest BCUT2D eigenvalue weighted by Gasteiger charge is 2.15. The average Bonchev–Trinajstić information content (AvgIpc) is 3.01. The number of aromatic nitrogens is 2. The van der Waals surface area contributed by atoms with Crippen molar-refractivity contribution in [3.8, 4) is 11.1 Å². The van der Waals surface area contributed by atoms with Gasteiger partial charge in [0.05, 0.1) is 18.0 Å². The van der Waals surface area contributed by atoms with Gasteiger partial charge in [-0.15, -0.1) is 11.3 Å². The maximum absolute atomic E-state index is 12.8. The van der Waals surface area contributed by atoms with Crippen LogP contribution in [0.3, 0.4) is 0 Å². The van der Waals surface area contributed by atoms with Gasteiger partial charge in [-0.1, -0.05) is 25.1 Å². The van der Waals surface area contributed by atoms with E-state index >= 15 is 0 Å². The lowest BCUT2D eigenvalue weighted by Crippen LogP contribution is -2.32. The Balaban J connectivity index is 1.96. The van der Waals surface area contributed by atoms with E-state index in [4.69, 9.17) is 4.98 Å². The molecule has 2 N–H and O–H groups in total. The minimum Gasteiger partial charge on any atom is -0.392 e. The maximum atomic E-state index is 12.8. The largest absolute Gasteiger partial charge is 0.392 e. The number of H-pyrrole nitrogens is 1. The molecule has 0 spiro atoms. The van der Waals surface area contributed by atoms with E-state index in [1.165, 1.54) is 22.5 Å². The molecule has 0 amide bonds. The van der Waals surface area contributed by atoms with Gasteiger partial charge in [-0.25, -0.2) is 4.98 Å². The van der Waals surface area contributed by atoms with Crippen LogP contribution in [0.4, 0.5) is 0 Å². The Morgan fingerprint density at radius 2 is 2.07 bits per heavy atom. The topological polar surface area (TPSA) is 69.2 Å². The number of aryl methyl sites for hydroxylation is 2. The lowest BCUT2D eigenvalue weighted by atomic mass is 10.0. The zero-order valence-electron chi connectivity index (χ0n) is 16.4. The van der Waals surface area contributed by atoms with Crippen molar-refractivity contribution in [2.45, 2.75) is 46.8 Å². The minimum absolute atomic E-state index is 0.0991. The molecule has 0 radical (unpaired) electrons. The van der Waals surface area contributed by atoms with Crippen molar-refractivity contribution < 1.29 is 5.11 Å². The summed E-state index contributed by atoms with van der Waals surface area (Å²) >= 11 is 1.50. The van der Waals surface area contributed by atoms with Crippen LogP contribution < -0.4 is 5.56 Å². The van der Waals surface area contributed by atoms with E-state index in [-0.39, 0.29) is 5.56 Å². The first-order chi connectivity index (χ1) is 12.9. The van der Waals surface area contributed by atoms with Gasteiger partial charge in [0.15, 0.2) is 0 Å². The Morgan fingerprint density at radius 3 is 2.74 bits per heavy atom. The van der Waals surface area contributed by atoms with E-state index in [2.05, 4.69) is 48.9 Å². The number of aliphatic hydroxyl groups is 1. The summed E-state index contributed by atoms with van der Waals surface area (Å²) in [5, 5.41) is 12.4. The van der Waals surface area contributed by atoms with Crippen LogP contribution in [0.5, 0.6) is 0 Å². The quantitative estimate of drug-likeness (QED) is 0.648. The lowest BCUT2D eigenvalue weighted by Gasteiger charge is -2.22. The molecule has 6 heteroatoms. The van der Waals surface area contributed by atoms with Crippen molar-refractivity contribution in [3.63, 3.8) is 0 Å². The van der Waals surface area contributed by atoms with E-state index < -0.39 is 6.10 Å². The summed E-state index contributed by atoms with van der Waals surface area (Å²) in [5.41, 5.74) is 4.33. The lowest BCUT2D eigenvalue weighted by molar-refractivity contribution is 0.121. The summed E-state index contributed by atoms with van der Waals surface area (Å²) in [6, 6.07) is 6.27. The number of thiophene rings is 1. The molecule has 1 aromatic carbocycles. The fourth-order valence-electron chi connectivity index (χ4n) is 3.33. The highest BCUT2D eigenvalue weighted by molar-refractivity contribution is 7.17. The molecule has 0 bridgehead atoms. The van der Waals surface area contributed by atoms with Gasteiger partial charge in [-0.3, -0.25) is 9.69 Å². The first-order valence-corrected chi connectivity index (χ1v) is 10.3. The number of aliphatic hydroxyl groups excluding tert-OH is 1. The van der Waals surface area contributed by atoms with Crippen molar-refractivity contribution in [2.75, 3.05) is 13.1 Å². The van der Waals surface area contributed by atoms with Gasteiger partial charge in [-0.05, 0) is 50.4 Å². The predicted molar refractivity (Wildman–Crippen MR) is 112 cm³/mol. The number of nitrogens with zero attached hydrogens (tertiary/aromatic N) is 2. The molecule has 0 aliphatic carbocycles. The van der Waals surface area contributed by atoms with E-state index in [0.29, 0.717) is 24.3 Å². The van der Waals surface area contributed by atoms with Gasteiger partial charge in [0, 0.05) is 17.5 Å². The Hall–Kier alpha value is -2.02. The van der Waals surface area contributed by atoms with Crippen LogP contribution in [0.1, 0.15) is 37.2 Å². The Morgan fingerprint density at radius 1 is 1.30 bits per heavy atom. The molecule has 2 aromatic heterocycles. The third-order valence-electron chi connectivity index (χ3n) is 4.75. The van der Waals surface area contributed by atoms with E-state index in [9.17, 15) is 9.90 Å². The molecule has 0 aliphatic heterocycles. The number of fused-ring (bicyclic) bond motifs is 1. The molecule has 27 heavy (non-hydrogen) atoms. The van der Waals surface area contributed by atoms with Crippen LogP contribution in [0.25, 0.3) is 21.3 Å². The maximum Gasteiger partial charge on any atom is 0.260 e. The smallest absolute Gasteiger partial charge is 0.260 e. The molecule has 0 fully saturated rings. The van der Waals surface area contributed by atoms with Crippen LogP contribution >= 0.6 is 11.3 Å². The zero-order valence-corrected chi connectivity index (χ0v) is 17.2. The van der Waals surface area contributed by atoms with Gasteiger partial charge < -0.3 is 10.1 Å². The number of nitrogens with one attached hydrogen (secondary N) is 1. The summed E-state index contributed by atoms with van der Waals surface area (Å²) in [6.07, 6.45) is 0.569. The summed E-state index contributed by atoms with van der Waals surface area (Å²) < 4.78 is 0. The summed E-state index contributed by atoms with van der Waals surface area (Å²) in [6.45, 7) is 9.99. The van der Waals surface area contributed by atoms with Crippen LogP contribution in [0.2, 0.25) is 0 Å². The Labute approximate surface area is 163 Å². The highest BCUT2D eigenvalue weighted by atomic mass is 32.1. The molecule has 1 atom stereocenters. The van der Waals surface area contributed by atoms with Gasteiger partial charge in [0.2, 0.25) is 0 Å². The first-order valence-electron chi connectivity index (χ1n) is 9.37. The van der Waals surface area contributed by atoms with Crippen molar-refractivity contribution in [3.05, 3.63) is 50.9 Å². The standard InChI is InChI=1S/C21H27N3O2S/c1-5-8-24(10-15(4)25)11-18-22-20(26)19-17(12-27-21(19)23-18)16-7-6-13(2)14(3)9-16/h6-7,9,12,15,25H,5,8,10-11H2,1-4H3,(H,22,23,26). The summed E-state index contributed by atoms with van der Waals surface area (Å²) in [4.78, 5) is 23.3. The van der Waals surface area contributed by atoms with Crippen LogP contribution in [-0.4, -0.2) is 39.2 Å². The van der Waals surface area contributed by atoms with Gasteiger partial charge in [0.1, 0.15) is 10.7 Å². The molecule has 3 rings (SSSR count). The second-order valence-corrected chi connectivity index (χ2v) is 8.08. The van der Waals surface area contributed by atoms with Gasteiger partial charge in [0.25, 0.3) is 5.56 Å². The van der Waals surface area contributed by atoms with Gasteiger partial charge in [-0.2, -0.15) is 0 Å². The average molecular weight is 386 g/mol. The summed E-state index contributed by atoms with van der Waals surface area (Å²) in [5.74, 6) is 0.648. The number of benzene rings is 1. The Bertz CT molecular complexity index is 991. The monoisotopic (exact) mass is 385 g/mol. The van der Waals surface area contributed by atoms with E-state index in [0.717, 1.165) is 28.9 Å². The summed E-state index contributed by atoms with van der Waals surface area (Å²) in [7, 11) is 0. The Kier molecular flexibility index (Phi) is 6.09. The van der Waals surface area contributed by atoms with Crippen LogP contribution in [-0.2, 0) is 6.54 Å². The number of rotatable bonds is 7. The molecule has 144 valence electrons. The van der Waals surface area contributed by atoms with Crippen molar-refractivity contribution in [1.82, 2.24) is 14.9 Å². The molecular formula is C21H27N3O2S. The second kappa shape index (κ2) is 8.33. The molecule has 5 nitrogen and oxygen atoms in total. The van der Waals surface area contributed by atoms with Gasteiger partial charge >= 0.3 is 0 Å². The first kappa shape index (κ1) is 19.7. The normalized spacial score (nSPS) is 12.8. The molecule has 3 aromatic rings. The molecule has 1 unspecified atom stereocenters. The molecule has 0 aliphatic rings. The predicted octanol–water partition coefficient (Wildman–Crippen LogP) is 3.86. The molecule has 0 saturated heterocycles. The number of aromatic amines is 1. The van der Waals surface area contributed by atoms with E-state index in [1.54, 1.807) is 6.92 Å². The number of hydrogen-bond acceptors (Lipinski definition) is 5. The highest BCUT2D eigenvalue weighted by Crippen LogP contribution is 2.31. The third kappa shape index (κ3) is 4.46. The fourth-order valence-corrected chi connectivity index (χ4v) is 4.29. The van der Waals surface area contributed by atoms with Crippen molar-refractivity contribution in [1.29, 1.82) is 0 Å². The zero-order chi connectivity index (χ0) is 19.6. The fraction of sp³-hybridized carbons (Fsp3) is 0.429. The molecule has 2 heterocycles. The number of hydrogen-bond donors (Lipinski definition) is 2. The van der Waals surface area contributed by atoms with Crippen LogP contribution in [0.15, 0.2) is 28.4 Å².